The van der Waals surface area contributed by atoms with Crippen LogP contribution < -0.4 is 5.73 Å². The van der Waals surface area contributed by atoms with Gasteiger partial charge in [0.25, 0.3) is 0 Å². The van der Waals surface area contributed by atoms with Crippen molar-refractivity contribution in [3.05, 3.63) is 31.7 Å². The molecule has 5 heteroatoms. The van der Waals surface area contributed by atoms with Gasteiger partial charge in [-0.25, -0.2) is 0 Å². The summed E-state index contributed by atoms with van der Waals surface area (Å²) in [7, 11) is 0. The van der Waals surface area contributed by atoms with E-state index in [0.717, 1.165) is 0 Å². The van der Waals surface area contributed by atoms with E-state index in [2.05, 4.69) is 11.8 Å². The van der Waals surface area contributed by atoms with Gasteiger partial charge in [0.05, 0.1) is 32.2 Å². The standard InChI is InChI=1S/C9H5Cl4N/c10-6-4-7(11)9(13)8(12)5(6)2-1-3-14/h4H,3,14H2. The molecule has 0 fully saturated rings. The molecule has 0 aliphatic heterocycles. The lowest BCUT2D eigenvalue weighted by atomic mass is 10.2. The first-order chi connectivity index (χ1) is 6.57. The number of hydrogen-bond acceptors (Lipinski definition) is 1. The minimum Gasteiger partial charge on any atom is -0.320 e. The zero-order valence-electron chi connectivity index (χ0n) is 6.87. The van der Waals surface area contributed by atoms with E-state index in [0.29, 0.717) is 15.6 Å². The lowest BCUT2D eigenvalue weighted by molar-refractivity contribution is 1.30. The summed E-state index contributed by atoms with van der Waals surface area (Å²) in [5.74, 6) is 5.37. The van der Waals surface area contributed by atoms with Crippen LogP contribution in [0.3, 0.4) is 0 Å². The van der Waals surface area contributed by atoms with Gasteiger partial charge in [-0.3, -0.25) is 0 Å². The van der Waals surface area contributed by atoms with Crippen LogP contribution in [-0.2, 0) is 0 Å². The van der Waals surface area contributed by atoms with E-state index in [4.69, 9.17) is 52.1 Å². The summed E-state index contributed by atoms with van der Waals surface area (Å²) in [5, 5.41) is 1.18. The summed E-state index contributed by atoms with van der Waals surface area (Å²) in [6, 6.07) is 1.50. The predicted molar refractivity (Wildman–Crippen MR) is 62.4 cm³/mol. The molecule has 0 aromatic heterocycles. The van der Waals surface area contributed by atoms with Crippen molar-refractivity contribution < 1.29 is 0 Å². The third kappa shape index (κ3) is 2.48. The highest BCUT2D eigenvalue weighted by atomic mass is 35.5. The van der Waals surface area contributed by atoms with Gasteiger partial charge in [0.15, 0.2) is 0 Å². The molecule has 74 valence electrons. The number of hydrogen-bond donors (Lipinski definition) is 1. The van der Waals surface area contributed by atoms with Gasteiger partial charge in [-0.15, -0.1) is 0 Å². The second-order valence-corrected chi connectivity index (χ2v) is 3.92. The molecule has 0 aliphatic rings. The number of nitrogens with two attached hydrogens (primary N) is 1. The Morgan fingerprint density at radius 1 is 1.07 bits per heavy atom. The van der Waals surface area contributed by atoms with Crippen LogP contribution in [0, 0.1) is 11.8 Å². The Morgan fingerprint density at radius 2 is 1.71 bits per heavy atom. The van der Waals surface area contributed by atoms with Crippen molar-refractivity contribution in [2.24, 2.45) is 5.73 Å². The maximum absolute atomic E-state index is 5.90. The zero-order valence-corrected chi connectivity index (χ0v) is 9.90. The zero-order chi connectivity index (χ0) is 10.7. The van der Waals surface area contributed by atoms with Crippen LogP contribution in [0.5, 0.6) is 0 Å². The van der Waals surface area contributed by atoms with E-state index >= 15 is 0 Å². The van der Waals surface area contributed by atoms with Crippen molar-refractivity contribution >= 4 is 46.4 Å². The van der Waals surface area contributed by atoms with E-state index in [1.807, 2.05) is 0 Å². The fourth-order valence-electron chi connectivity index (χ4n) is 0.820. The van der Waals surface area contributed by atoms with Crippen LogP contribution in [0.4, 0.5) is 0 Å². The molecule has 0 atom stereocenters. The smallest absolute Gasteiger partial charge is 0.0792 e. The first-order valence-electron chi connectivity index (χ1n) is 3.60. The molecule has 2 N–H and O–H groups in total. The predicted octanol–water partition coefficient (Wildman–Crippen LogP) is 3.61. The molecule has 0 radical (unpaired) electrons. The molecule has 0 bridgehead atoms. The van der Waals surface area contributed by atoms with E-state index in [-0.39, 0.29) is 16.6 Å². The van der Waals surface area contributed by atoms with E-state index < -0.39 is 0 Å². The van der Waals surface area contributed by atoms with Gasteiger partial charge >= 0.3 is 0 Å². The monoisotopic (exact) mass is 267 g/mol. The molecule has 0 amide bonds. The van der Waals surface area contributed by atoms with Crippen molar-refractivity contribution in [2.45, 2.75) is 0 Å². The molecule has 0 saturated heterocycles. The summed E-state index contributed by atoms with van der Waals surface area (Å²) in [6.07, 6.45) is 0. The van der Waals surface area contributed by atoms with Crippen molar-refractivity contribution in [1.82, 2.24) is 0 Å². The molecule has 14 heavy (non-hydrogen) atoms. The Morgan fingerprint density at radius 3 is 2.29 bits per heavy atom. The van der Waals surface area contributed by atoms with Gasteiger partial charge in [-0.1, -0.05) is 58.2 Å². The van der Waals surface area contributed by atoms with Gasteiger partial charge in [-0.05, 0) is 6.07 Å². The van der Waals surface area contributed by atoms with Crippen LogP contribution >= 0.6 is 46.4 Å². The maximum Gasteiger partial charge on any atom is 0.0792 e. The van der Waals surface area contributed by atoms with Crippen molar-refractivity contribution in [3.63, 3.8) is 0 Å². The fraction of sp³-hybridized carbons (Fsp3) is 0.111. The van der Waals surface area contributed by atoms with Crippen molar-refractivity contribution in [1.29, 1.82) is 0 Å². The normalized spacial score (nSPS) is 9.50. The molecular weight excluding hydrogens is 264 g/mol. The molecular formula is C9H5Cl4N. The Hall–Kier alpha value is -0.100. The number of benzene rings is 1. The Balaban J connectivity index is 3.36. The summed E-state index contributed by atoms with van der Waals surface area (Å²) >= 11 is 23.3. The second-order valence-electron chi connectivity index (χ2n) is 2.35. The van der Waals surface area contributed by atoms with Gasteiger partial charge in [-0.2, -0.15) is 0 Å². The molecule has 0 heterocycles. The van der Waals surface area contributed by atoms with Gasteiger partial charge in [0.1, 0.15) is 0 Å². The lowest BCUT2D eigenvalue weighted by Crippen LogP contribution is -1.93. The van der Waals surface area contributed by atoms with Crippen LogP contribution in [-0.4, -0.2) is 6.54 Å². The molecule has 0 saturated carbocycles. The minimum atomic E-state index is 0.229. The highest BCUT2D eigenvalue weighted by molar-refractivity contribution is 6.49. The molecule has 0 aliphatic carbocycles. The van der Waals surface area contributed by atoms with E-state index in [1.54, 1.807) is 0 Å². The summed E-state index contributed by atoms with van der Waals surface area (Å²) in [5.41, 5.74) is 5.68. The summed E-state index contributed by atoms with van der Waals surface area (Å²) < 4.78 is 0. The van der Waals surface area contributed by atoms with Gasteiger partial charge in [0, 0.05) is 0 Å². The highest BCUT2D eigenvalue weighted by Gasteiger charge is 2.11. The third-order valence-electron chi connectivity index (χ3n) is 1.43. The average molecular weight is 269 g/mol. The van der Waals surface area contributed by atoms with Crippen LogP contribution in [0.25, 0.3) is 0 Å². The molecule has 1 aromatic rings. The highest BCUT2D eigenvalue weighted by Crippen LogP contribution is 2.36. The molecule has 0 unspecified atom stereocenters. The van der Waals surface area contributed by atoms with Crippen molar-refractivity contribution in [3.8, 4) is 11.8 Å². The average Bonchev–Trinajstić information content (AvgIpc) is 2.14. The van der Waals surface area contributed by atoms with E-state index in [1.165, 1.54) is 6.07 Å². The summed E-state index contributed by atoms with van der Waals surface area (Å²) in [6.45, 7) is 0.229. The fourth-order valence-corrected chi connectivity index (χ4v) is 1.83. The quantitative estimate of drug-likeness (QED) is 0.434. The first kappa shape index (κ1) is 12.0. The van der Waals surface area contributed by atoms with Crippen LogP contribution in [0.2, 0.25) is 20.1 Å². The molecule has 0 spiro atoms. The van der Waals surface area contributed by atoms with E-state index in [9.17, 15) is 0 Å². The maximum atomic E-state index is 5.90. The summed E-state index contributed by atoms with van der Waals surface area (Å²) in [4.78, 5) is 0. The molecule has 1 nitrogen and oxygen atoms in total. The Kier molecular flexibility index (Phi) is 4.37. The molecule has 1 rings (SSSR count). The largest absolute Gasteiger partial charge is 0.320 e. The number of halogens is 4. The molecule has 1 aromatic carbocycles. The van der Waals surface area contributed by atoms with Crippen LogP contribution in [0.1, 0.15) is 5.56 Å². The second kappa shape index (κ2) is 5.11. The Bertz CT molecular complexity index is 417. The minimum absolute atomic E-state index is 0.229. The third-order valence-corrected chi connectivity index (χ3v) is 2.99. The first-order valence-corrected chi connectivity index (χ1v) is 5.11. The topological polar surface area (TPSA) is 26.0 Å². The van der Waals surface area contributed by atoms with Crippen molar-refractivity contribution in [2.75, 3.05) is 6.54 Å². The van der Waals surface area contributed by atoms with Crippen LogP contribution in [0.15, 0.2) is 6.07 Å². The number of rotatable bonds is 0. The van der Waals surface area contributed by atoms with Gasteiger partial charge < -0.3 is 5.73 Å². The Labute approximate surface area is 102 Å². The van der Waals surface area contributed by atoms with Gasteiger partial charge in [0.2, 0.25) is 0 Å². The lowest BCUT2D eigenvalue weighted by Gasteiger charge is -2.03. The SMILES string of the molecule is NCC#Cc1c(Cl)cc(Cl)c(Cl)c1Cl.